The first-order valence-electron chi connectivity index (χ1n) is 8.47. The zero-order valence-corrected chi connectivity index (χ0v) is 15.3. The number of benzene rings is 1. The van der Waals surface area contributed by atoms with Gasteiger partial charge in [-0.3, -0.25) is 19.9 Å². The van der Waals surface area contributed by atoms with Crippen LogP contribution >= 0.6 is 0 Å². The Balaban J connectivity index is 1.81. The largest absolute Gasteiger partial charge is 0.489 e. The molecule has 0 unspecified atom stereocenters. The molecule has 7 nitrogen and oxygen atoms in total. The number of aromatic nitrogens is 1. The molecule has 0 spiro atoms. The van der Waals surface area contributed by atoms with E-state index < -0.39 is 24.2 Å². The van der Waals surface area contributed by atoms with Crippen molar-refractivity contribution in [2.75, 3.05) is 23.9 Å². The number of hydrogen-bond donors (Lipinski definition) is 2. The van der Waals surface area contributed by atoms with Crippen LogP contribution in [0.1, 0.15) is 16.1 Å². The number of rotatable bonds is 4. The average molecular weight is 406 g/mol. The minimum Gasteiger partial charge on any atom is -0.489 e. The summed E-state index contributed by atoms with van der Waals surface area (Å²) in [5, 5.41) is 3.81. The van der Waals surface area contributed by atoms with E-state index in [2.05, 4.69) is 16.9 Å². The predicted molar refractivity (Wildman–Crippen MR) is 101 cm³/mol. The molecule has 2 N–H and O–H groups in total. The number of carbonyl (C=O) groups excluding carboxylic acids is 2. The predicted octanol–water partition coefficient (Wildman–Crippen LogP) is 2.81. The Kier molecular flexibility index (Phi) is 5.44. The molecule has 0 radical (unpaired) electrons. The molecule has 1 atom stereocenters. The maximum absolute atomic E-state index is 12.7. The van der Waals surface area contributed by atoms with Crippen molar-refractivity contribution in [1.82, 2.24) is 10.3 Å². The molecule has 1 aromatic carbocycles. The first-order chi connectivity index (χ1) is 13.7. The smallest absolute Gasteiger partial charge is 0.482 e. The van der Waals surface area contributed by atoms with Gasteiger partial charge in [0, 0.05) is 18.8 Å². The quantitative estimate of drug-likeness (QED) is 0.763. The molecule has 1 aliphatic heterocycles. The number of nitrogens with zero attached hydrogens (tertiary/aromatic N) is 2. The molecule has 0 bridgehead atoms. The van der Waals surface area contributed by atoms with Crippen molar-refractivity contribution in [1.29, 1.82) is 0 Å². The summed E-state index contributed by atoms with van der Waals surface area (Å²) in [6, 6.07) is 6.78. The molecule has 2 aromatic rings. The van der Waals surface area contributed by atoms with Gasteiger partial charge in [-0.05, 0) is 18.2 Å². The fourth-order valence-electron chi connectivity index (χ4n) is 2.80. The Labute approximate surface area is 164 Å². The van der Waals surface area contributed by atoms with Gasteiger partial charge in [-0.1, -0.05) is 24.8 Å². The van der Waals surface area contributed by atoms with Crippen LogP contribution in [0.5, 0.6) is 5.75 Å². The number of likely N-dealkylation sites (N-methyl/N-ethyl adjacent to an activating group) is 1. The number of amides is 2. The molecule has 1 aromatic heterocycles. The molecule has 1 aliphatic rings. The van der Waals surface area contributed by atoms with Gasteiger partial charge in [0.25, 0.3) is 11.8 Å². The van der Waals surface area contributed by atoms with E-state index in [-0.39, 0.29) is 23.6 Å². The monoisotopic (exact) mass is 406 g/mol. The number of pyridine rings is 1. The third-order valence-electron chi connectivity index (χ3n) is 4.23. The summed E-state index contributed by atoms with van der Waals surface area (Å²) in [6.07, 6.45) is -2.44. The first kappa shape index (κ1) is 20.2. The lowest BCUT2D eigenvalue weighted by Gasteiger charge is -2.20. The van der Waals surface area contributed by atoms with E-state index >= 15 is 0 Å². The molecular formula is C19H17F3N4O3. The highest BCUT2D eigenvalue weighted by atomic mass is 19.4. The molecule has 3 rings (SSSR count). The highest BCUT2D eigenvalue weighted by Gasteiger charge is 2.32. The third-order valence-corrected chi connectivity index (χ3v) is 4.23. The lowest BCUT2D eigenvalue weighted by molar-refractivity contribution is -0.120. The fraction of sp³-hybridized carbons (Fsp3) is 0.211. The Morgan fingerprint density at radius 3 is 2.79 bits per heavy atom. The van der Waals surface area contributed by atoms with E-state index in [1.807, 2.05) is 0 Å². The molecule has 0 aliphatic carbocycles. The van der Waals surface area contributed by atoms with Gasteiger partial charge in [0.2, 0.25) is 0 Å². The van der Waals surface area contributed by atoms with Crippen molar-refractivity contribution >= 4 is 29.3 Å². The maximum atomic E-state index is 12.7. The Morgan fingerprint density at radius 1 is 1.38 bits per heavy atom. The summed E-state index contributed by atoms with van der Waals surface area (Å²) in [7, 11) is 1.54. The number of nitrogens with one attached hydrogen (secondary N) is 2. The summed E-state index contributed by atoms with van der Waals surface area (Å²) >= 11 is 0. The van der Waals surface area contributed by atoms with Gasteiger partial charge >= 0.3 is 6.30 Å². The second-order valence-electron chi connectivity index (χ2n) is 6.19. The van der Waals surface area contributed by atoms with Crippen molar-refractivity contribution in [2.24, 2.45) is 0 Å². The zero-order valence-electron chi connectivity index (χ0n) is 15.3. The number of anilines is 2. The van der Waals surface area contributed by atoms with Crippen LogP contribution in [0.3, 0.4) is 0 Å². The van der Waals surface area contributed by atoms with E-state index in [0.29, 0.717) is 11.4 Å². The molecule has 29 heavy (non-hydrogen) atoms. The summed E-state index contributed by atoms with van der Waals surface area (Å²) in [5.74, 6) is -0.767. The van der Waals surface area contributed by atoms with Gasteiger partial charge in [0.1, 0.15) is 24.1 Å². The van der Waals surface area contributed by atoms with Crippen LogP contribution in [0, 0.1) is 0 Å². The van der Waals surface area contributed by atoms with Gasteiger partial charge in [0.15, 0.2) is 0 Å². The van der Waals surface area contributed by atoms with Gasteiger partial charge in [0.05, 0.1) is 11.4 Å². The number of alkyl halides is 3. The van der Waals surface area contributed by atoms with Crippen molar-refractivity contribution in [3.8, 4) is 5.75 Å². The number of ether oxygens (including phenoxy) is 1. The van der Waals surface area contributed by atoms with E-state index in [4.69, 9.17) is 4.74 Å². The standard InChI is InChI=1S/C19H17F3N4O3/c1-3-11-9-23-13(8-12(11)25-19(20,21)22)17(27)24-14-10-29-16-7-5-4-6-15(16)26(2)18(14)28/h3-9,14H,1,10H2,2H3,(H,23,25)(H,24,27)/t14-/m0/s1. The SMILES string of the molecule is C=Cc1cnc(C(=O)N[C@H]2COc3ccccc3N(C)C2=O)cc1NC(F)(F)F. The van der Waals surface area contributed by atoms with Gasteiger partial charge in [-0.25, -0.2) is 0 Å². The van der Waals surface area contributed by atoms with Crippen molar-refractivity contribution in [2.45, 2.75) is 12.3 Å². The summed E-state index contributed by atoms with van der Waals surface area (Å²) in [4.78, 5) is 30.4. The van der Waals surface area contributed by atoms with Crippen LogP contribution in [0.15, 0.2) is 43.1 Å². The number of fused-ring (bicyclic) bond motifs is 1. The van der Waals surface area contributed by atoms with Crippen LogP contribution in [0.25, 0.3) is 6.08 Å². The minimum absolute atomic E-state index is 0.0722. The molecule has 0 fully saturated rings. The summed E-state index contributed by atoms with van der Waals surface area (Å²) in [5.41, 5.74) is -0.0533. The molecule has 0 saturated heterocycles. The van der Waals surface area contributed by atoms with Crippen LogP contribution in [0.4, 0.5) is 24.5 Å². The molecule has 152 valence electrons. The second-order valence-corrected chi connectivity index (χ2v) is 6.19. The highest BCUT2D eigenvalue weighted by molar-refractivity contribution is 6.03. The topological polar surface area (TPSA) is 83.6 Å². The Morgan fingerprint density at radius 2 is 2.10 bits per heavy atom. The van der Waals surface area contributed by atoms with Crippen LogP contribution in [-0.2, 0) is 4.79 Å². The van der Waals surface area contributed by atoms with E-state index in [1.54, 1.807) is 24.3 Å². The highest BCUT2D eigenvalue weighted by Crippen LogP contribution is 2.30. The summed E-state index contributed by atoms with van der Waals surface area (Å²) < 4.78 is 43.7. The Bertz CT molecular complexity index is 962. The Hall–Kier alpha value is -3.56. The fourth-order valence-corrected chi connectivity index (χ4v) is 2.80. The molecule has 2 amide bonds. The van der Waals surface area contributed by atoms with E-state index in [1.165, 1.54) is 23.3 Å². The van der Waals surface area contributed by atoms with Gasteiger partial charge in [-0.2, -0.15) is 13.2 Å². The van der Waals surface area contributed by atoms with Crippen LogP contribution in [-0.4, -0.2) is 42.8 Å². The average Bonchev–Trinajstić information content (AvgIpc) is 2.79. The lowest BCUT2D eigenvalue weighted by Crippen LogP contribution is -2.49. The van der Waals surface area contributed by atoms with Crippen molar-refractivity contribution in [3.63, 3.8) is 0 Å². The van der Waals surface area contributed by atoms with E-state index in [0.717, 1.165) is 12.3 Å². The number of para-hydroxylation sites is 2. The zero-order chi connectivity index (χ0) is 21.2. The van der Waals surface area contributed by atoms with Gasteiger partial charge in [-0.15, -0.1) is 0 Å². The molecular weight excluding hydrogens is 389 g/mol. The molecule has 10 heteroatoms. The number of halogens is 3. The second kappa shape index (κ2) is 7.82. The maximum Gasteiger partial charge on any atom is 0.482 e. The summed E-state index contributed by atoms with van der Waals surface area (Å²) in [6.45, 7) is 3.29. The van der Waals surface area contributed by atoms with Crippen LogP contribution in [0.2, 0.25) is 0 Å². The normalized spacial score (nSPS) is 16.3. The van der Waals surface area contributed by atoms with Crippen molar-refractivity contribution < 1.29 is 27.5 Å². The van der Waals surface area contributed by atoms with Crippen molar-refractivity contribution in [3.05, 3.63) is 54.4 Å². The first-order valence-corrected chi connectivity index (χ1v) is 8.47. The third kappa shape index (κ3) is 4.48. The minimum atomic E-state index is -4.70. The molecule has 0 saturated carbocycles. The number of carbonyl (C=O) groups is 2. The molecule has 2 heterocycles. The van der Waals surface area contributed by atoms with Crippen LogP contribution < -0.4 is 20.3 Å². The lowest BCUT2D eigenvalue weighted by atomic mass is 10.2. The number of hydrogen-bond acceptors (Lipinski definition) is 5. The van der Waals surface area contributed by atoms with E-state index in [9.17, 15) is 22.8 Å². The van der Waals surface area contributed by atoms with Gasteiger partial charge < -0.3 is 15.0 Å².